The lowest BCUT2D eigenvalue weighted by Crippen LogP contribution is -2.43. The van der Waals surface area contributed by atoms with Gasteiger partial charge in [-0.1, -0.05) is 11.6 Å². The zero-order chi connectivity index (χ0) is 26.2. The van der Waals surface area contributed by atoms with Gasteiger partial charge in [-0.15, -0.1) is 0 Å². The average Bonchev–Trinajstić information content (AvgIpc) is 3.32. The minimum absolute atomic E-state index is 0.0584. The van der Waals surface area contributed by atoms with Crippen LogP contribution in [0.5, 0.6) is 0 Å². The summed E-state index contributed by atoms with van der Waals surface area (Å²) >= 11 is 5.98. The van der Waals surface area contributed by atoms with Crippen molar-refractivity contribution >= 4 is 45.0 Å². The van der Waals surface area contributed by atoms with Crippen LogP contribution >= 0.6 is 11.6 Å². The standard InChI is InChI=1S/C19H18ClF4N5O5S/c1-25-18(31)19(32)29-4-3-8(7-29)27-35(33,34)15-13(24)14(28(2)16(15)20)17(30)26-9-5-10(21)12(23)11(22)6-9/h5-6,8,27H,3-4,7H2,1-2H3,(H,25,31)(H,26,30)/t8-/m1/s1. The van der Waals surface area contributed by atoms with Gasteiger partial charge in [-0.05, 0) is 6.42 Å². The van der Waals surface area contributed by atoms with Gasteiger partial charge in [-0.2, -0.15) is 0 Å². The molecule has 2 heterocycles. The fourth-order valence-electron chi connectivity index (χ4n) is 3.46. The highest BCUT2D eigenvalue weighted by molar-refractivity contribution is 7.89. The molecule has 1 fully saturated rings. The van der Waals surface area contributed by atoms with Gasteiger partial charge in [0.05, 0.1) is 0 Å². The van der Waals surface area contributed by atoms with Crippen molar-refractivity contribution in [1.82, 2.24) is 19.5 Å². The van der Waals surface area contributed by atoms with Crippen LogP contribution in [0.25, 0.3) is 0 Å². The third-order valence-corrected chi connectivity index (χ3v) is 7.28. The lowest BCUT2D eigenvalue weighted by Gasteiger charge is -2.16. The van der Waals surface area contributed by atoms with E-state index >= 15 is 4.39 Å². The molecule has 1 aliphatic heterocycles. The normalized spacial score (nSPS) is 15.9. The molecule has 1 atom stereocenters. The van der Waals surface area contributed by atoms with Gasteiger partial charge in [0, 0.05) is 51.0 Å². The number of aromatic nitrogens is 1. The molecule has 3 rings (SSSR count). The van der Waals surface area contributed by atoms with Crippen molar-refractivity contribution in [3.63, 3.8) is 0 Å². The van der Waals surface area contributed by atoms with E-state index in [1.165, 1.54) is 7.05 Å². The number of amides is 3. The maximum absolute atomic E-state index is 15.1. The van der Waals surface area contributed by atoms with Gasteiger partial charge in [-0.3, -0.25) is 14.4 Å². The molecule has 1 saturated heterocycles. The second-order valence-corrected chi connectivity index (χ2v) is 9.50. The van der Waals surface area contributed by atoms with Gasteiger partial charge < -0.3 is 20.1 Å². The SMILES string of the molecule is CNC(=O)C(=O)N1CC[C@@H](NS(=O)(=O)c2c(F)c(C(=O)Nc3cc(F)c(F)c(F)c3)n(C)c2Cl)C1. The van der Waals surface area contributed by atoms with Crippen LogP contribution in [0.3, 0.4) is 0 Å². The van der Waals surface area contributed by atoms with Crippen LogP contribution < -0.4 is 15.4 Å². The summed E-state index contributed by atoms with van der Waals surface area (Å²) in [4.78, 5) is 36.0. The van der Waals surface area contributed by atoms with Crippen LogP contribution in [-0.2, 0) is 26.7 Å². The molecule has 1 aromatic carbocycles. The lowest BCUT2D eigenvalue weighted by molar-refractivity contribution is -0.144. The molecule has 3 amide bonds. The van der Waals surface area contributed by atoms with Gasteiger partial charge in [-0.25, -0.2) is 30.7 Å². The number of benzene rings is 1. The van der Waals surface area contributed by atoms with E-state index in [9.17, 15) is 36.0 Å². The number of anilines is 1. The van der Waals surface area contributed by atoms with Crippen molar-refractivity contribution in [2.45, 2.75) is 17.4 Å². The Balaban J connectivity index is 1.84. The Kier molecular flexibility index (Phi) is 7.42. The summed E-state index contributed by atoms with van der Waals surface area (Å²) in [5.74, 6) is -9.63. The first kappa shape index (κ1) is 26.4. The molecule has 16 heteroatoms. The Morgan fingerprint density at radius 1 is 1.09 bits per heavy atom. The molecule has 0 spiro atoms. The number of nitrogens with one attached hydrogen (secondary N) is 3. The van der Waals surface area contributed by atoms with E-state index in [1.54, 1.807) is 0 Å². The predicted molar refractivity (Wildman–Crippen MR) is 114 cm³/mol. The van der Waals surface area contributed by atoms with Gasteiger partial charge in [0.1, 0.15) is 10.8 Å². The Bertz CT molecular complexity index is 1310. The fraction of sp³-hybridized carbons (Fsp3) is 0.316. The largest absolute Gasteiger partial charge is 0.351 e. The van der Waals surface area contributed by atoms with Gasteiger partial charge in [0.2, 0.25) is 10.0 Å². The summed E-state index contributed by atoms with van der Waals surface area (Å²) in [6, 6.07) is 0.0140. The first-order valence-electron chi connectivity index (χ1n) is 9.81. The number of likely N-dealkylation sites (N-methyl/N-ethyl adjacent to an activating group) is 1. The van der Waals surface area contributed by atoms with E-state index in [0.717, 1.165) is 11.9 Å². The zero-order valence-electron chi connectivity index (χ0n) is 18.1. The fourth-order valence-corrected chi connectivity index (χ4v) is 5.38. The molecule has 0 aliphatic carbocycles. The number of nitrogens with zero attached hydrogens (tertiary/aromatic N) is 2. The molecule has 10 nitrogen and oxygen atoms in total. The number of hydrogen-bond donors (Lipinski definition) is 3. The summed E-state index contributed by atoms with van der Waals surface area (Å²) in [6.07, 6.45) is 0.114. The van der Waals surface area contributed by atoms with Gasteiger partial charge >= 0.3 is 11.8 Å². The molecular formula is C19H18ClF4N5O5S. The van der Waals surface area contributed by atoms with Crippen LogP contribution in [0.1, 0.15) is 16.9 Å². The summed E-state index contributed by atoms with van der Waals surface area (Å²) < 4.78 is 83.7. The minimum atomic E-state index is -4.67. The Hall–Kier alpha value is -3.17. The van der Waals surface area contributed by atoms with E-state index in [1.807, 2.05) is 5.32 Å². The number of carbonyl (C=O) groups excluding carboxylic acids is 3. The van der Waals surface area contributed by atoms with Gasteiger partial charge in [0.15, 0.2) is 28.2 Å². The van der Waals surface area contributed by atoms with E-state index in [0.29, 0.717) is 16.7 Å². The lowest BCUT2D eigenvalue weighted by atomic mass is 10.2. The van der Waals surface area contributed by atoms with Crippen LogP contribution in [0.4, 0.5) is 23.2 Å². The quantitative estimate of drug-likeness (QED) is 0.298. The number of likely N-dealkylation sites (tertiary alicyclic amines) is 1. The molecule has 35 heavy (non-hydrogen) atoms. The second-order valence-electron chi connectivity index (χ2n) is 7.49. The number of carbonyl (C=O) groups is 3. The van der Waals surface area contributed by atoms with Crippen LogP contribution in [0, 0.1) is 23.3 Å². The van der Waals surface area contributed by atoms with Crippen molar-refractivity contribution in [2.75, 3.05) is 25.5 Å². The minimum Gasteiger partial charge on any atom is -0.351 e. The van der Waals surface area contributed by atoms with Crippen LogP contribution in [0.15, 0.2) is 17.0 Å². The van der Waals surface area contributed by atoms with Crippen molar-refractivity contribution in [3.8, 4) is 0 Å². The number of halogens is 5. The van der Waals surface area contributed by atoms with E-state index in [4.69, 9.17) is 11.6 Å². The highest BCUT2D eigenvalue weighted by atomic mass is 35.5. The molecule has 1 aliphatic rings. The van der Waals surface area contributed by atoms with Crippen molar-refractivity contribution in [3.05, 3.63) is 46.2 Å². The van der Waals surface area contributed by atoms with Crippen molar-refractivity contribution in [2.24, 2.45) is 7.05 Å². The van der Waals surface area contributed by atoms with Crippen molar-refractivity contribution in [1.29, 1.82) is 0 Å². The van der Waals surface area contributed by atoms with Crippen LogP contribution in [-0.4, -0.2) is 61.8 Å². The summed E-state index contributed by atoms with van der Waals surface area (Å²) in [7, 11) is -2.34. The maximum atomic E-state index is 15.1. The predicted octanol–water partition coefficient (Wildman–Crippen LogP) is 1.11. The molecule has 2 aromatic rings. The molecular weight excluding hydrogens is 522 g/mol. The maximum Gasteiger partial charge on any atom is 0.311 e. The summed E-state index contributed by atoms with van der Waals surface area (Å²) in [6.45, 7) is -0.116. The van der Waals surface area contributed by atoms with Crippen LogP contribution in [0.2, 0.25) is 5.15 Å². The number of rotatable bonds is 5. The Morgan fingerprint density at radius 2 is 1.69 bits per heavy atom. The van der Waals surface area contributed by atoms with Crippen molar-refractivity contribution < 1.29 is 40.4 Å². The second kappa shape index (κ2) is 9.83. The van der Waals surface area contributed by atoms with E-state index < -0.39 is 78.5 Å². The third-order valence-electron chi connectivity index (χ3n) is 5.17. The first-order chi connectivity index (χ1) is 16.3. The molecule has 0 saturated carbocycles. The molecule has 3 N–H and O–H groups in total. The van der Waals surface area contributed by atoms with E-state index in [-0.39, 0.29) is 19.5 Å². The van der Waals surface area contributed by atoms with Gasteiger partial charge in [0.25, 0.3) is 5.91 Å². The Labute approximate surface area is 201 Å². The smallest absolute Gasteiger partial charge is 0.311 e. The number of sulfonamides is 1. The highest BCUT2D eigenvalue weighted by Gasteiger charge is 2.37. The summed E-state index contributed by atoms with van der Waals surface area (Å²) in [5, 5.41) is 3.41. The molecule has 1 aromatic heterocycles. The topological polar surface area (TPSA) is 130 Å². The molecule has 190 valence electrons. The molecule has 0 unspecified atom stereocenters. The monoisotopic (exact) mass is 539 g/mol. The van der Waals surface area contributed by atoms with E-state index in [2.05, 4.69) is 10.0 Å². The highest BCUT2D eigenvalue weighted by Crippen LogP contribution is 2.31. The zero-order valence-corrected chi connectivity index (χ0v) is 19.7. The first-order valence-corrected chi connectivity index (χ1v) is 11.7. The Morgan fingerprint density at radius 3 is 2.26 bits per heavy atom. The summed E-state index contributed by atoms with van der Waals surface area (Å²) in [5.41, 5.74) is -1.44. The molecule has 0 bridgehead atoms. The number of hydrogen-bond acceptors (Lipinski definition) is 5. The third kappa shape index (κ3) is 5.11. The average molecular weight is 540 g/mol. The molecule has 0 radical (unpaired) electrons.